The number of ether oxygens (including phenoxy) is 7. The number of aliphatic hydroxyl groups is 2. The zero-order valence-corrected chi connectivity index (χ0v) is 55.4. The number of methoxy groups -OCH3 is 2. The van der Waals surface area contributed by atoms with E-state index in [-0.39, 0.29) is 65.1 Å². The maximum absolute atomic E-state index is 13.9. The summed E-state index contributed by atoms with van der Waals surface area (Å²) in [7, 11) is 3.61. The van der Waals surface area contributed by atoms with Gasteiger partial charge >= 0.3 is 0 Å². The van der Waals surface area contributed by atoms with Crippen LogP contribution in [0.15, 0.2) is 91.0 Å². The smallest absolute Gasteiger partial charge is 0.149 e. The first kappa shape index (κ1) is 61.3. The Morgan fingerprint density at radius 2 is 1.57 bits per heavy atom. The fourth-order valence-electron chi connectivity index (χ4n) is 24.6. The third-order valence-corrected chi connectivity index (χ3v) is 28.1. The van der Waals surface area contributed by atoms with E-state index in [4.69, 9.17) is 38.5 Å². The Hall–Kier alpha value is -6.02. The fraction of sp³-hybridized carbons (Fsp3) is 0.605. The molecule has 5 aromatic rings. The van der Waals surface area contributed by atoms with Gasteiger partial charge < -0.3 is 58.7 Å². The highest BCUT2D eigenvalue weighted by Crippen LogP contribution is 2.82. The number of fused-ring (bicyclic) bond motifs is 7. The zero-order valence-electron chi connectivity index (χ0n) is 55.4. The zero-order chi connectivity index (χ0) is 64.2. The highest BCUT2D eigenvalue weighted by Gasteiger charge is 2.79. The molecule has 8 saturated carbocycles. The Kier molecular flexibility index (Phi) is 15.0. The molecule has 0 radical (unpaired) electrons. The van der Waals surface area contributed by atoms with E-state index in [9.17, 15) is 25.5 Å². The molecule has 5 spiro atoms. The largest absolute Gasteiger partial charge is 0.508 e. The fourth-order valence-corrected chi connectivity index (χ4v) is 24.6. The number of rotatable bonds is 13. The molecule has 502 valence electrons. The molecule has 4 heterocycles. The SMILES string of the molecule is COCCC[C@@H]1Oc2c3cc(c4cc(O)ccc24)OCC#C[C@@H]2CN[C@@]4(CC5(CCCC5)[C@@]56CC[C@]7(CC[C@H]8[C@@H](CCOC)C[C@H](C[C@@H]45)[C@H]87)C6)N[C@@]24[C@H]2C=C[C@H]([C@H](O)C2)[C@@H]4O[C@@H]3[C@@H]1[C@H]1COc2c(Cc3cc(O)ccc3-c3cccc(O)c3)cc(OC3CCCC3)cc2[C@H]1O. The van der Waals surface area contributed by atoms with Gasteiger partial charge in [-0.25, -0.2) is 0 Å². The maximum Gasteiger partial charge on any atom is 0.149 e. The average Bonchev–Trinajstić information content (AvgIpc) is 1.41. The van der Waals surface area contributed by atoms with Crippen molar-refractivity contribution in [2.75, 3.05) is 47.2 Å². The molecule has 14 aliphatic rings. The monoisotopic (exact) mass is 1290 g/mol. The van der Waals surface area contributed by atoms with E-state index in [1.807, 2.05) is 37.4 Å². The van der Waals surface area contributed by atoms with E-state index in [1.165, 1.54) is 70.6 Å². The third kappa shape index (κ3) is 9.48. The van der Waals surface area contributed by atoms with Crippen molar-refractivity contribution in [2.45, 2.75) is 183 Å². The van der Waals surface area contributed by atoms with Crippen LogP contribution >= 0.6 is 0 Å². The van der Waals surface area contributed by atoms with Gasteiger partial charge in [0.05, 0.1) is 54.2 Å². The number of phenols is 3. The Morgan fingerprint density at radius 3 is 2.41 bits per heavy atom. The molecule has 10 aliphatic carbocycles. The third-order valence-electron chi connectivity index (χ3n) is 28.1. The summed E-state index contributed by atoms with van der Waals surface area (Å²) in [4.78, 5) is 0. The van der Waals surface area contributed by atoms with Gasteiger partial charge in [0, 0.05) is 91.5 Å². The van der Waals surface area contributed by atoms with Crippen molar-refractivity contribution < 1.29 is 58.7 Å². The van der Waals surface area contributed by atoms with Crippen molar-refractivity contribution in [1.82, 2.24) is 10.6 Å². The number of benzene rings is 5. The Morgan fingerprint density at radius 1 is 0.726 bits per heavy atom. The van der Waals surface area contributed by atoms with E-state index in [0.29, 0.717) is 90.0 Å². The van der Waals surface area contributed by atoms with Crippen LogP contribution in [0.5, 0.6) is 40.2 Å². The topological polar surface area (TPSA) is 190 Å². The minimum atomic E-state index is -1.09. The summed E-state index contributed by atoms with van der Waals surface area (Å²) in [6.07, 6.45) is 24.1. The van der Waals surface area contributed by atoms with Gasteiger partial charge in [0.15, 0.2) is 0 Å². The van der Waals surface area contributed by atoms with Crippen molar-refractivity contribution in [3.8, 4) is 63.2 Å². The molecule has 0 aromatic heterocycles. The lowest BCUT2D eigenvalue weighted by Gasteiger charge is -2.65. The van der Waals surface area contributed by atoms with Crippen molar-refractivity contribution in [2.24, 2.45) is 75.4 Å². The highest BCUT2D eigenvalue weighted by molar-refractivity contribution is 5.96. The summed E-state index contributed by atoms with van der Waals surface area (Å²) in [6, 6.07) is 24.0. The van der Waals surface area contributed by atoms with Gasteiger partial charge in [-0.05, 0) is 239 Å². The molecule has 9 fully saturated rings. The van der Waals surface area contributed by atoms with Gasteiger partial charge in [-0.15, -0.1) is 0 Å². The molecule has 95 heavy (non-hydrogen) atoms. The lowest BCUT2D eigenvalue weighted by Crippen LogP contribution is -2.83. The summed E-state index contributed by atoms with van der Waals surface area (Å²) in [5, 5.41) is 70.7. The molecule has 5 aromatic carbocycles. The number of aromatic hydroxyl groups is 3. The summed E-state index contributed by atoms with van der Waals surface area (Å²) in [6.45, 7) is 2.26. The van der Waals surface area contributed by atoms with Crippen LogP contribution in [0.4, 0.5) is 0 Å². The van der Waals surface area contributed by atoms with Crippen molar-refractivity contribution >= 4 is 10.8 Å². The van der Waals surface area contributed by atoms with E-state index in [1.54, 1.807) is 43.5 Å². The first-order valence-electron chi connectivity index (χ1n) is 36.7. The predicted molar refractivity (Wildman–Crippen MR) is 360 cm³/mol. The Bertz CT molecular complexity index is 3900. The molecule has 4 aliphatic heterocycles. The standard InChI is InChI=1S/C81H96N2O12/c1-89-29-9-15-67-70(65-43-92-73-50(36-57(40-63(73)72(65)88)93-56-13-3-4-14-56)33-48-35-54(85)17-20-58(48)46-10-7-12-53(84)34-46)75-64-41-68(62-39-55(86)18-21-60(62)74(64)94-67)91-30-8-11-52-42-82-80(83-81(52)51-16-19-61(66(87)38-51)76(81)95-75)45-78(24-5-6-25-78)79-28-27-77(44-79)26-22-59-47(23-31-90-2)32-49(71(59)77)37-69(79)80/h7,10,12,16-21,34-36,39-41,47,49,51-52,56,59,61,65-67,69-72,75-76,82-88H,3-6,9,13-15,22-33,37-38,42-45H2,1-2H3/t47-,49+,51-,52+,59-,61+,65+,66+,67-,69+,70+,71+,72+,75-,76-,77+,79+,80-,81-/m0/s1. The van der Waals surface area contributed by atoms with Crippen LogP contribution in [0.1, 0.15) is 163 Å². The van der Waals surface area contributed by atoms with Gasteiger partial charge in [0.1, 0.15) is 53.0 Å². The van der Waals surface area contributed by atoms with E-state index >= 15 is 0 Å². The molecule has 0 amide bonds. The molecular weight excluding hydrogens is 1190 g/mol. The quantitative estimate of drug-likeness (QED) is 0.0335. The molecule has 1 saturated heterocycles. The molecule has 14 nitrogen and oxygen atoms in total. The van der Waals surface area contributed by atoms with Crippen LogP contribution in [-0.4, -0.2) is 108 Å². The summed E-state index contributed by atoms with van der Waals surface area (Å²) < 4.78 is 49.0. The molecule has 19 atom stereocenters. The van der Waals surface area contributed by atoms with Crippen LogP contribution in [0.2, 0.25) is 0 Å². The van der Waals surface area contributed by atoms with Gasteiger partial charge in [-0.1, -0.05) is 55.0 Å². The van der Waals surface area contributed by atoms with Crippen LogP contribution < -0.4 is 29.6 Å². The van der Waals surface area contributed by atoms with Crippen LogP contribution in [0.3, 0.4) is 0 Å². The second-order valence-electron chi connectivity index (χ2n) is 32.2. The molecular formula is C81H96N2O12. The van der Waals surface area contributed by atoms with Crippen molar-refractivity contribution in [3.63, 3.8) is 0 Å². The van der Waals surface area contributed by atoms with Gasteiger partial charge in [-0.3, -0.25) is 10.6 Å². The van der Waals surface area contributed by atoms with Crippen LogP contribution in [0.25, 0.3) is 21.9 Å². The number of nitrogens with one attached hydrogen (secondary N) is 2. The Balaban J connectivity index is 0.788. The predicted octanol–water partition coefficient (Wildman–Crippen LogP) is 13.6. The van der Waals surface area contributed by atoms with Crippen LogP contribution in [-0.2, 0) is 20.6 Å². The normalized spacial score (nSPS) is 38.8. The van der Waals surface area contributed by atoms with Gasteiger partial charge in [0.25, 0.3) is 0 Å². The van der Waals surface area contributed by atoms with Gasteiger partial charge in [-0.2, -0.15) is 0 Å². The van der Waals surface area contributed by atoms with Crippen molar-refractivity contribution in [1.29, 1.82) is 0 Å². The summed E-state index contributed by atoms with van der Waals surface area (Å²) >= 11 is 0. The van der Waals surface area contributed by atoms with E-state index in [0.717, 1.165) is 96.1 Å². The van der Waals surface area contributed by atoms with Crippen molar-refractivity contribution in [3.05, 3.63) is 113 Å². The Labute approximate surface area is 559 Å². The molecule has 6 bridgehead atoms. The summed E-state index contributed by atoms with van der Waals surface area (Å²) in [5.74, 6) is 11.9. The maximum atomic E-state index is 13.9. The first-order valence-corrected chi connectivity index (χ1v) is 36.7. The minimum Gasteiger partial charge on any atom is -0.508 e. The average molecular weight is 1290 g/mol. The lowest BCUT2D eigenvalue weighted by molar-refractivity contribution is -0.211. The van der Waals surface area contributed by atoms with Crippen LogP contribution in [0, 0.1) is 87.3 Å². The molecule has 0 unspecified atom stereocenters. The molecule has 7 N–H and O–H groups in total. The lowest BCUT2D eigenvalue weighted by atomic mass is 9.54. The summed E-state index contributed by atoms with van der Waals surface area (Å²) in [5.41, 5.74) is 4.43. The number of phenolic OH excluding ortho intramolecular Hbond substituents is 3. The number of hydrogen-bond acceptors (Lipinski definition) is 14. The van der Waals surface area contributed by atoms with Gasteiger partial charge in [0.2, 0.25) is 0 Å². The molecule has 19 rings (SSSR count). The number of hydrogen-bond donors (Lipinski definition) is 7. The first-order chi connectivity index (χ1) is 46.3. The highest BCUT2D eigenvalue weighted by atomic mass is 16.5. The van der Waals surface area contributed by atoms with E-state index in [2.05, 4.69) is 41.4 Å². The second-order valence-corrected chi connectivity index (χ2v) is 32.2. The number of aliphatic hydroxyl groups excluding tert-OH is 2. The molecule has 14 heteroatoms. The second kappa shape index (κ2) is 23.3. The van der Waals surface area contributed by atoms with E-state index < -0.39 is 53.6 Å². The minimum absolute atomic E-state index is 0.0240.